The summed E-state index contributed by atoms with van der Waals surface area (Å²) in [6.45, 7) is 10.8. The van der Waals surface area contributed by atoms with Crippen LogP contribution in [-0.4, -0.2) is 11.1 Å². The van der Waals surface area contributed by atoms with Crippen molar-refractivity contribution in [3.63, 3.8) is 0 Å². The van der Waals surface area contributed by atoms with Crippen LogP contribution < -0.4 is 0 Å². The van der Waals surface area contributed by atoms with Gasteiger partial charge >= 0.3 is 0 Å². The fourth-order valence-electron chi connectivity index (χ4n) is 7.20. The van der Waals surface area contributed by atoms with Gasteiger partial charge in [0.2, 0.25) is 0 Å². The average molecular weight is 333 g/mol. The normalized spacial score (nSPS) is 46.9. The second kappa shape index (κ2) is 6.50. The zero-order valence-electron chi connectivity index (χ0n) is 15.9. The van der Waals surface area contributed by atoms with E-state index in [0.717, 1.165) is 30.6 Å². The number of hydrogen-bond acceptors (Lipinski definition) is 1. The van der Waals surface area contributed by atoms with Crippen molar-refractivity contribution in [1.82, 2.24) is 0 Å². The third-order valence-corrected chi connectivity index (χ3v) is 8.54. The van der Waals surface area contributed by atoms with Gasteiger partial charge in [0.15, 0.2) is 0 Å². The average Bonchev–Trinajstić information content (AvgIpc) is 2.82. The second-order valence-electron chi connectivity index (χ2n) is 9.52. The lowest BCUT2D eigenvalue weighted by molar-refractivity contribution is -0.134. The molecule has 2 heteroatoms. The molecule has 0 heterocycles. The maximum absolute atomic E-state index is 9.00. The number of carboxylic acids is 1. The molecule has 0 spiro atoms. The van der Waals surface area contributed by atoms with Gasteiger partial charge < -0.3 is 5.11 Å². The Kier molecular flexibility index (Phi) is 4.88. The SMILES string of the molecule is C=C1CCC2C3CC[C@@H]4CCCC[C@]4(C)C3CC[C@]12C.CC(=O)O. The Bertz CT molecular complexity index is 506. The summed E-state index contributed by atoms with van der Waals surface area (Å²) in [4.78, 5) is 9.00. The van der Waals surface area contributed by atoms with E-state index in [-0.39, 0.29) is 0 Å². The molecule has 0 saturated heterocycles. The molecule has 136 valence electrons. The summed E-state index contributed by atoms with van der Waals surface area (Å²) < 4.78 is 0. The molecule has 4 aliphatic rings. The van der Waals surface area contributed by atoms with Crippen molar-refractivity contribution in [2.75, 3.05) is 0 Å². The molecular formula is C22H36O2. The first-order chi connectivity index (χ1) is 11.3. The minimum Gasteiger partial charge on any atom is -0.481 e. The first-order valence-corrected chi connectivity index (χ1v) is 10.2. The van der Waals surface area contributed by atoms with E-state index in [2.05, 4.69) is 20.4 Å². The highest BCUT2D eigenvalue weighted by atomic mass is 16.4. The molecule has 0 aliphatic heterocycles. The first kappa shape index (κ1) is 18.0. The van der Waals surface area contributed by atoms with E-state index >= 15 is 0 Å². The fraction of sp³-hybridized carbons (Fsp3) is 0.864. The lowest BCUT2D eigenvalue weighted by Gasteiger charge is -2.60. The maximum atomic E-state index is 9.00. The van der Waals surface area contributed by atoms with Crippen LogP contribution in [0.15, 0.2) is 12.2 Å². The third kappa shape index (κ3) is 2.84. The smallest absolute Gasteiger partial charge is 0.300 e. The fourth-order valence-corrected chi connectivity index (χ4v) is 7.20. The molecule has 4 aliphatic carbocycles. The van der Waals surface area contributed by atoms with Gasteiger partial charge in [0.25, 0.3) is 5.97 Å². The Labute approximate surface area is 148 Å². The number of aliphatic carboxylic acids is 1. The summed E-state index contributed by atoms with van der Waals surface area (Å²) in [5.74, 6) is 3.29. The quantitative estimate of drug-likeness (QED) is 0.547. The van der Waals surface area contributed by atoms with Crippen LogP contribution in [0.4, 0.5) is 0 Å². The molecule has 4 fully saturated rings. The van der Waals surface area contributed by atoms with Crippen molar-refractivity contribution in [3.05, 3.63) is 12.2 Å². The predicted molar refractivity (Wildman–Crippen MR) is 98.8 cm³/mol. The number of carboxylic acid groups (broad SMARTS) is 1. The van der Waals surface area contributed by atoms with Gasteiger partial charge in [-0.25, -0.2) is 0 Å². The highest BCUT2D eigenvalue weighted by Gasteiger charge is 2.57. The van der Waals surface area contributed by atoms with Gasteiger partial charge in [0.1, 0.15) is 0 Å². The molecule has 4 rings (SSSR count). The van der Waals surface area contributed by atoms with Crippen LogP contribution in [-0.2, 0) is 4.79 Å². The van der Waals surface area contributed by atoms with Crippen LogP contribution in [0, 0.1) is 34.5 Å². The van der Waals surface area contributed by atoms with Gasteiger partial charge in [-0.1, -0.05) is 38.8 Å². The monoisotopic (exact) mass is 332 g/mol. The number of fused-ring (bicyclic) bond motifs is 5. The number of hydrogen-bond donors (Lipinski definition) is 1. The largest absolute Gasteiger partial charge is 0.481 e. The molecule has 24 heavy (non-hydrogen) atoms. The van der Waals surface area contributed by atoms with Gasteiger partial charge in [0.05, 0.1) is 0 Å². The number of carbonyl (C=O) groups is 1. The van der Waals surface area contributed by atoms with Crippen LogP contribution in [0.2, 0.25) is 0 Å². The summed E-state index contributed by atoms with van der Waals surface area (Å²) in [5.41, 5.74) is 2.81. The topological polar surface area (TPSA) is 37.3 Å². The lowest BCUT2D eigenvalue weighted by Crippen LogP contribution is -2.51. The van der Waals surface area contributed by atoms with Gasteiger partial charge in [-0.15, -0.1) is 0 Å². The number of rotatable bonds is 0. The molecule has 0 radical (unpaired) electrons. The number of allylic oxidation sites excluding steroid dienone is 1. The summed E-state index contributed by atoms with van der Waals surface area (Å²) in [7, 11) is 0. The molecule has 4 saturated carbocycles. The Balaban J connectivity index is 0.000000383. The van der Waals surface area contributed by atoms with Gasteiger partial charge in [-0.3, -0.25) is 4.79 Å². The van der Waals surface area contributed by atoms with E-state index in [9.17, 15) is 0 Å². The summed E-state index contributed by atoms with van der Waals surface area (Å²) in [6, 6.07) is 0. The molecule has 3 unspecified atom stereocenters. The van der Waals surface area contributed by atoms with Crippen molar-refractivity contribution < 1.29 is 9.90 Å². The van der Waals surface area contributed by atoms with Gasteiger partial charge in [-0.05, 0) is 85.9 Å². The Morgan fingerprint density at radius 3 is 2.46 bits per heavy atom. The van der Waals surface area contributed by atoms with Crippen LogP contribution in [0.25, 0.3) is 0 Å². The van der Waals surface area contributed by atoms with E-state index in [1.165, 1.54) is 57.8 Å². The zero-order chi connectivity index (χ0) is 17.5. The maximum Gasteiger partial charge on any atom is 0.300 e. The molecule has 0 aromatic rings. The van der Waals surface area contributed by atoms with Gasteiger partial charge in [-0.2, -0.15) is 0 Å². The molecular weight excluding hydrogens is 296 g/mol. The Morgan fingerprint density at radius 2 is 1.75 bits per heavy atom. The molecule has 0 aromatic heterocycles. The summed E-state index contributed by atoms with van der Waals surface area (Å²) in [6.07, 6.45) is 14.9. The molecule has 2 nitrogen and oxygen atoms in total. The van der Waals surface area contributed by atoms with E-state index < -0.39 is 5.97 Å². The molecule has 6 atom stereocenters. The van der Waals surface area contributed by atoms with Crippen molar-refractivity contribution in [2.45, 2.75) is 85.0 Å². The third-order valence-electron chi connectivity index (χ3n) is 8.54. The van der Waals surface area contributed by atoms with Crippen molar-refractivity contribution >= 4 is 5.97 Å². The molecule has 0 aromatic carbocycles. The van der Waals surface area contributed by atoms with E-state index in [0.29, 0.717) is 10.8 Å². The highest BCUT2D eigenvalue weighted by molar-refractivity contribution is 5.62. The van der Waals surface area contributed by atoms with E-state index in [4.69, 9.17) is 9.90 Å². The van der Waals surface area contributed by atoms with E-state index in [1.54, 1.807) is 12.0 Å². The lowest BCUT2D eigenvalue weighted by atomic mass is 9.45. The Morgan fingerprint density at radius 1 is 1.04 bits per heavy atom. The summed E-state index contributed by atoms with van der Waals surface area (Å²) >= 11 is 0. The van der Waals surface area contributed by atoms with Gasteiger partial charge in [0, 0.05) is 6.92 Å². The molecule has 0 amide bonds. The second-order valence-corrected chi connectivity index (χ2v) is 9.52. The highest BCUT2D eigenvalue weighted by Crippen LogP contribution is 2.67. The standard InChI is InChI=1S/C20H32.C2H4O2/c1-14-7-10-17-16-9-8-15-6-4-5-12-20(15,3)18(16)11-13-19(14,17)2;1-2(3)4/h15-18H,1,4-13H2,2-3H3;1H3,(H,3,4)/t15-,16?,17?,18?,19+,20-;/m0./s1. The Hall–Kier alpha value is -0.790. The molecule has 0 bridgehead atoms. The summed E-state index contributed by atoms with van der Waals surface area (Å²) in [5, 5.41) is 7.42. The van der Waals surface area contributed by atoms with Crippen LogP contribution in [0.1, 0.15) is 85.0 Å². The molecule has 1 N–H and O–H groups in total. The minimum atomic E-state index is -0.833. The van der Waals surface area contributed by atoms with Crippen LogP contribution >= 0.6 is 0 Å². The minimum absolute atomic E-state index is 0.513. The van der Waals surface area contributed by atoms with E-state index in [1.807, 2.05) is 0 Å². The van der Waals surface area contributed by atoms with Crippen molar-refractivity contribution in [1.29, 1.82) is 0 Å². The van der Waals surface area contributed by atoms with Crippen molar-refractivity contribution in [2.24, 2.45) is 34.5 Å². The van der Waals surface area contributed by atoms with Crippen LogP contribution in [0.3, 0.4) is 0 Å². The van der Waals surface area contributed by atoms with Crippen LogP contribution in [0.5, 0.6) is 0 Å². The first-order valence-electron chi connectivity index (χ1n) is 10.2. The van der Waals surface area contributed by atoms with Crippen molar-refractivity contribution in [3.8, 4) is 0 Å². The zero-order valence-corrected chi connectivity index (χ0v) is 15.9. The predicted octanol–water partition coefficient (Wildman–Crippen LogP) is 6.07.